The Hall–Kier alpha value is -5.12. The number of nitro benzene ring substituents is 1. The molecule has 1 aliphatic heterocycles. The molecule has 0 fully saturated rings. The highest BCUT2D eigenvalue weighted by Gasteiger charge is 2.22. The molecule has 0 saturated carbocycles. The minimum Gasteiger partial charge on any atom is -0.496 e. The van der Waals surface area contributed by atoms with E-state index < -0.39 is 4.92 Å². The van der Waals surface area contributed by atoms with Gasteiger partial charge in [-0.15, -0.1) is 0 Å². The first-order chi connectivity index (χ1) is 19.4. The fourth-order valence-corrected chi connectivity index (χ4v) is 4.65. The smallest absolute Gasteiger partial charge is 0.310 e. The number of hydrogen-bond acceptors (Lipinski definition) is 8. The number of nitrogens with one attached hydrogen (secondary N) is 2. The molecule has 10 nitrogen and oxygen atoms in total. The molecule has 0 aliphatic carbocycles. The van der Waals surface area contributed by atoms with Crippen molar-refractivity contribution in [2.45, 2.75) is 19.8 Å². The fourth-order valence-electron chi connectivity index (χ4n) is 4.65. The van der Waals surface area contributed by atoms with Crippen molar-refractivity contribution in [3.05, 3.63) is 93.8 Å². The van der Waals surface area contributed by atoms with Crippen LogP contribution in [0.2, 0.25) is 0 Å². The molecule has 1 aromatic heterocycles. The van der Waals surface area contributed by atoms with E-state index in [9.17, 15) is 14.9 Å². The van der Waals surface area contributed by atoms with Gasteiger partial charge in [0.25, 0.3) is 5.91 Å². The van der Waals surface area contributed by atoms with Crippen LogP contribution in [-0.4, -0.2) is 36.6 Å². The lowest BCUT2D eigenvalue weighted by atomic mass is 10.0. The van der Waals surface area contributed by atoms with Gasteiger partial charge in [0.05, 0.1) is 54.1 Å². The predicted molar refractivity (Wildman–Crippen MR) is 152 cm³/mol. The van der Waals surface area contributed by atoms with E-state index in [4.69, 9.17) is 14.2 Å². The van der Waals surface area contributed by atoms with Crippen LogP contribution in [-0.2, 0) is 6.42 Å². The zero-order chi connectivity index (χ0) is 28.2. The second-order valence-corrected chi connectivity index (χ2v) is 9.23. The number of fused-ring (bicyclic) bond motifs is 2. The first kappa shape index (κ1) is 26.5. The van der Waals surface area contributed by atoms with Crippen molar-refractivity contribution in [1.29, 1.82) is 0 Å². The molecule has 0 radical (unpaired) electrons. The zero-order valence-electron chi connectivity index (χ0n) is 22.3. The van der Waals surface area contributed by atoms with Crippen LogP contribution in [0, 0.1) is 17.0 Å². The van der Waals surface area contributed by atoms with Crippen molar-refractivity contribution in [2.24, 2.45) is 0 Å². The number of hydrogen-bond donors (Lipinski definition) is 2. The molecule has 4 aromatic rings. The summed E-state index contributed by atoms with van der Waals surface area (Å²) in [6.45, 7) is 2.42. The van der Waals surface area contributed by atoms with Crippen LogP contribution < -0.4 is 24.8 Å². The quantitative estimate of drug-likeness (QED) is 0.144. The molecule has 0 saturated heterocycles. The summed E-state index contributed by atoms with van der Waals surface area (Å²) in [5.41, 5.74) is 5.54. The maximum Gasteiger partial charge on any atom is 0.310 e. The summed E-state index contributed by atoms with van der Waals surface area (Å²) in [4.78, 5) is 28.2. The van der Waals surface area contributed by atoms with Gasteiger partial charge in [0.1, 0.15) is 11.5 Å². The highest BCUT2D eigenvalue weighted by molar-refractivity contribution is 6.12. The number of nitrogens with zero attached hydrogens (tertiary/aromatic N) is 2. The van der Waals surface area contributed by atoms with Gasteiger partial charge < -0.3 is 24.8 Å². The van der Waals surface area contributed by atoms with Crippen molar-refractivity contribution < 1.29 is 23.9 Å². The summed E-state index contributed by atoms with van der Waals surface area (Å²) in [6.07, 6.45) is 3.16. The van der Waals surface area contributed by atoms with Crippen LogP contribution in [0.25, 0.3) is 11.1 Å². The van der Waals surface area contributed by atoms with Crippen molar-refractivity contribution >= 4 is 28.7 Å². The molecule has 2 heterocycles. The number of benzene rings is 3. The number of ether oxygens (including phenoxy) is 3. The second-order valence-electron chi connectivity index (χ2n) is 9.23. The first-order valence-corrected chi connectivity index (χ1v) is 12.7. The standard InChI is InChI=1S/C30H28N4O6/c1-18-27(7-4-12-31-18)40-13-5-6-21-15-24-25(17-28(21)38-2)32-23-14-19(8-10-22(23)30(35)33-24)20-9-11-26(34(36)37)29(16-20)39-3/h4,7-12,14-17,32H,5-6,13H2,1-3H3,(H,33,35). The van der Waals surface area contributed by atoms with E-state index in [1.165, 1.54) is 13.2 Å². The molecule has 40 heavy (non-hydrogen) atoms. The Labute approximate surface area is 231 Å². The average molecular weight is 541 g/mol. The predicted octanol–water partition coefficient (Wildman–Crippen LogP) is 6.30. The zero-order valence-corrected chi connectivity index (χ0v) is 22.3. The Morgan fingerprint density at radius 1 is 0.875 bits per heavy atom. The maximum absolute atomic E-state index is 13.1. The molecule has 5 rings (SSSR count). The lowest BCUT2D eigenvalue weighted by Gasteiger charge is -2.15. The Kier molecular flexibility index (Phi) is 7.50. The number of carbonyl (C=O) groups is 1. The molecule has 2 N–H and O–H groups in total. The molecule has 204 valence electrons. The van der Waals surface area contributed by atoms with Gasteiger partial charge in [0, 0.05) is 18.3 Å². The van der Waals surface area contributed by atoms with Crippen LogP contribution in [0.5, 0.6) is 17.2 Å². The van der Waals surface area contributed by atoms with E-state index in [-0.39, 0.29) is 17.3 Å². The summed E-state index contributed by atoms with van der Waals surface area (Å²) in [6, 6.07) is 17.6. The molecule has 1 amide bonds. The Balaban J connectivity index is 1.38. The topological polar surface area (TPSA) is 125 Å². The summed E-state index contributed by atoms with van der Waals surface area (Å²) in [5, 5.41) is 17.6. The number of nitro groups is 1. The first-order valence-electron chi connectivity index (χ1n) is 12.7. The van der Waals surface area contributed by atoms with E-state index in [0.29, 0.717) is 47.0 Å². The van der Waals surface area contributed by atoms with E-state index >= 15 is 0 Å². The molecule has 10 heteroatoms. The van der Waals surface area contributed by atoms with Crippen LogP contribution in [0.4, 0.5) is 22.7 Å². The van der Waals surface area contributed by atoms with Crippen LogP contribution in [0.15, 0.2) is 66.9 Å². The molecule has 0 unspecified atom stereocenters. The fraction of sp³-hybridized carbons (Fsp3) is 0.200. The largest absolute Gasteiger partial charge is 0.496 e. The number of pyridine rings is 1. The second kappa shape index (κ2) is 11.3. The van der Waals surface area contributed by atoms with Gasteiger partial charge in [0.2, 0.25) is 0 Å². The minimum absolute atomic E-state index is 0.117. The van der Waals surface area contributed by atoms with Crippen molar-refractivity contribution in [3.8, 4) is 28.4 Å². The number of rotatable bonds is 9. The van der Waals surface area contributed by atoms with E-state index in [2.05, 4.69) is 15.6 Å². The third kappa shape index (κ3) is 5.37. The van der Waals surface area contributed by atoms with Crippen molar-refractivity contribution in [1.82, 2.24) is 4.98 Å². The lowest BCUT2D eigenvalue weighted by molar-refractivity contribution is -0.385. The number of methoxy groups -OCH3 is 2. The number of amides is 1. The third-order valence-electron chi connectivity index (χ3n) is 6.72. The van der Waals surface area contributed by atoms with Gasteiger partial charge in [-0.3, -0.25) is 19.9 Å². The summed E-state index contributed by atoms with van der Waals surface area (Å²) in [7, 11) is 3.01. The highest BCUT2D eigenvalue weighted by Crippen LogP contribution is 2.39. The number of anilines is 3. The number of aromatic nitrogens is 1. The van der Waals surface area contributed by atoms with Crippen LogP contribution >= 0.6 is 0 Å². The van der Waals surface area contributed by atoms with E-state index in [1.807, 2.05) is 37.3 Å². The van der Waals surface area contributed by atoms with Crippen LogP contribution in [0.3, 0.4) is 0 Å². The molecule has 0 spiro atoms. The van der Waals surface area contributed by atoms with Gasteiger partial charge in [0.15, 0.2) is 5.75 Å². The van der Waals surface area contributed by atoms with Gasteiger partial charge >= 0.3 is 5.69 Å². The van der Waals surface area contributed by atoms with Crippen molar-refractivity contribution in [2.75, 3.05) is 31.5 Å². The molecular weight excluding hydrogens is 512 g/mol. The summed E-state index contributed by atoms with van der Waals surface area (Å²) < 4.78 is 16.8. The minimum atomic E-state index is -0.487. The van der Waals surface area contributed by atoms with E-state index in [1.54, 1.807) is 37.6 Å². The van der Waals surface area contributed by atoms with E-state index in [0.717, 1.165) is 29.0 Å². The van der Waals surface area contributed by atoms with Gasteiger partial charge in [-0.05, 0) is 78.9 Å². The van der Waals surface area contributed by atoms with Gasteiger partial charge in [-0.2, -0.15) is 0 Å². The Morgan fingerprint density at radius 2 is 1.62 bits per heavy atom. The SMILES string of the molecule is COc1cc2c(cc1CCCOc1cccnc1C)NC(=O)c1ccc(-c3ccc([N+](=O)[O-])c(OC)c3)cc1N2. The summed E-state index contributed by atoms with van der Waals surface area (Å²) in [5.74, 6) is 1.36. The Morgan fingerprint density at radius 3 is 2.38 bits per heavy atom. The van der Waals surface area contributed by atoms with Crippen molar-refractivity contribution in [3.63, 3.8) is 0 Å². The normalized spacial score (nSPS) is 11.8. The van der Waals surface area contributed by atoms with Gasteiger partial charge in [-0.25, -0.2) is 0 Å². The molecule has 3 aromatic carbocycles. The lowest BCUT2D eigenvalue weighted by Crippen LogP contribution is -2.11. The Bertz CT molecular complexity index is 1600. The molecule has 0 bridgehead atoms. The van der Waals surface area contributed by atoms with Crippen LogP contribution in [0.1, 0.15) is 28.0 Å². The molecular formula is C30H28N4O6. The highest BCUT2D eigenvalue weighted by atomic mass is 16.6. The maximum atomic E-state index is 13.1. The third-order valence-corrected chi connectivity index (χ3v) is 6.72. The number of carbonyl (C=O) groups excluding carboxylic acids is 1. The van der Waals surface area contributed by atoms with Gasteiger partial charge in [-0.1, -0.05) is 6.07 Å². The molecule has 0 atom stereocenters. The average Bonchev–Trinajstić information content (AvgIpc) is 3.09. The number of aryl methyl sites for hydroxylation is 2. The monoisotopic (exact) mass is 540 g/mol. The molecule has 1 aliphatic rings. The summed E-state index contributed by atoms with van der Waals surface area (Å²) >= 11 is 0.